The molecule has 0 saturated carbocycles. The Labute approximate surface area is 102 Å². The molecule has 0 heterocycles. The maximum Gasteiger partial charge on any atom is 0.289 e. The van der Waals surface area contributed by atoms with Crippen molar-refractivity contribution in [2.75, 3.05) is 0 Å². The highest BCUT2D eigenvalue weighted by Gasteiger charge is 2.23. The van der Waals surface area contributed by atoms with Gasteiger partial charge < -0.3 is 5.73 Å². The van der Waals surface area contributed by atoms with Gasteiger partial charge in [-0.3, -0.25) is 14.9 Å². The van der Waals surface area contributed by atoms with Gasteiger partial charge in [-0.15, -0.1) is 0 Å². The molecule has 0 saturated heterocycles. The largest absolute Gasteiger partial charge is 0.366 e. The van der Waals surface area contributed by atoms with E-state index in [2.05, 4.69) is 15.9 Å². The highest BCUT2D eigenvalue weighted by molar-refractivity contribution is 9.10. The second-order valence-corrected chi connectivity index (χ2v) is 4.06. The van der Waals surface area contributed by atoms with Crippen LogP contribution in [0.3, 0.4) is 0 Å². The van der Waals surface area contributed by atoms with Crippen molar-refractivity contribution in [1.82, 2.24) is 0 Å². The molecule has 0 unspecified atom stereocenters. The minimum absolute atomic E-state index is 0.0434. The van der Waals surface area contributed by atoms with Crippen LogP contribution >= 0.6 is 39.1 Å². The summed E-state index contributed by atoms with van der Waals surface area (Å²) in [6.07, 6.45) is 0. The van der Waals surface area contributed by atoms with Crippen LogP contribution in [0.4, 0.5) is 5.69 Å². The van der Waals surface area contributed by atoms with Gasteiger partial charge in [0.15, 0.2) is 0 Å². The molecule has 15 heavy (non-hydrogen) atoms. The molecule has 1 rings (SSSR count). The number of carbonyl (C=O) groups is 1. The van der Waals surface area contributed by atoms with E-state index in [9.17, 15) is 14.9 Å². The van der Waals surface area contributed by atoms with Crippen LogP contribution in [0.1, 0.15) is 10.4 Å². The highest BCUT2D eigenvalue weighted by Crippen LogP contribution is 2.39. The molecule has 5 nitrogen and oxygen atoms in total. The molecule has 0 bridgehead atoms. The molecule has 0 aliphatic rings. The number of carbonyl (C=O) groups excluding carboxylic acids is 1. The van der Waals surface area contributed by atoms with Gasteiger partial charge in [-0.2, -0.15) is 0 Å². The maximum absolute atomic E-state index is 10.9. The average molecular weight is 314 g/mol. The molecular weight excluding hydrogens is 311 g/mol. The van der Waals surface area contributed by atoms with Crippen LogP contribution in [-0.4, -0.2) is 10.8 Å². The number of hydrogen-bond donors (Lipinski definition) is 1. The van der Waals surface area contributed by atoms with Gasteiger partial charge in [0, 0.05) is 6.07 Å². The first-order valence-corrected chi connectivity index (χ1v) is 5.02. The monoisotopic (exact) mass is 312 g/mol. The summed E-state index contributed by atoms with van der Waals surface area (Å²) < 4.78 is 0.0776. The lowest BCUT2D eigenvalue weighted by Gasteiger charge is -2.04. The van der Waals surface area contributed by atoms with Gasteiger partial charge in [0.25, 0.3) is 11.6 Å². The number of nitrogens with zero attached hydrogens (tertiary/aromatic N) is 1. The third-order valence-corrected chi connectivity index (χ3v) is 3.61. The van der Waals surface area contributed by atoms with Gasteiger partial charge >= 0.3 is 0 Å². The molecule has 0 aliphatic heterocycles. The Morgan fingerprint density at radius 3 is 2.40 bits per heavy atom. The molecule has 0 aromatic heterocycles. The summed E-state index contributed by atoms with van der Waals surface area (Å²) in [5.74, 6) is -0.861. The number of halogens is 3. The SMILES string of the molecule is NC(=O)c1cc([N+](=O)[O-])c(Cl)c(Br)c1Cl. The van der Waals surface area contributed by atoms with E-state index in [-0.39, 0.29) is 20.1 Å². The normalized spacial score (nSPS) is 10.1. The molecule has 0 fully saturated rings. The van der Waals surface area contributed by atoms with Crippen LogP contribution < -0.4 is 5.73 Å². The Hall–Kier alpha value is -0.850. The minimum atomic E-state index is -0.861. The first kappa shape index (κ1) is 12.2. The first-order chi connectivity index (χ1) is 6.86. The smallest absolute Gasteiger partial charge is 0.289 e. The maximum atomic E-state index is 10.9. The van der Waals surface area contributed by atoms with Crippen LogP contribution in [0.15, 0.2) is 10.5 Å². The molecule has 80 valence electrons. The molecule has 1 amide bonds. The number of hydrogen-bond acceptors (Lipinski definition) is 3. The number of primary amides is 1. The van der Waals surface area contributed by atoms with Gasteiger partial charge in [-0.25, -0.2) is 0 Å². The number of nitrogens with two attached hydrogens (primary N) is 1. The van der Waals surface area contributed by atoms with E-state index in [1.54, 1.807) is 0 Å². The predicted molar refractivity (Wildman–Crippen MR) is 59.3 cm³/mol. The van der Waals surface area contributed by atoms with Gasteiger partial charge in [-0.1, -0.05) is 23.2 Å². The molecule has 0 radical (unpaired) electrons. The lowest BCUT2D eigenvalue weighted by molar-refractivity contribution is -0.384. The fourth-order valence-corrected chi connectivity index (χ4v) is 1.83. The molecule has 2 N–H and O–H groups in total. The fraction of sp³-hybridized carbons (Fsp3) is 0. The van der Waals surface area contributed by atoms with Crippen molar-refractivity contribution in [1.29, 1.82) is 0 Å². The molecule has 0 atom stereocenters. The van der Waals surface area contributed by atoms with E-state index in [4.69, 9.17) is 28.9 Å². The zero-order valence-corrected chi connectivity index (χ0v) is 10.1. The zero-order chi connectivity index (χ0) is 11.7. The van der Waals surface area contributed by atoms with Crippen molar-refractivity contribution in [3.05, 3.63) is 36.3 Å². The second-order valence-electron chi connectivity index (χ2n) is 2.51. The molecule has 0 spiro atoms. The van der Waals surface area contributed by atoms with Crippen LogP contribution in [0.2, 0.25) is 10.0 Å². The zero-order valence-electron chi connectivity index (χ0n) is 6.96. The summed E-state index contributed by atoms with van der Waals surface area (Å²) in [5.41, 5.74) is 4.41. The van der Waals surface area contributed by atoms with Crippen molar-refractivity contribution < 1.29 is 9.72 Å². The van der Waals surface area contributed by atoms with Crippen molar-refractivity contribution in [3.8, 4) is 0 Å². The van der Waals surface area contributed by atoms with Gasteiger partial charge in [-0.05, 0) is 15.9 Å². The Morgan fingerprint density at radius 2 is 2.00 bits per heavy atom. The number of benzene rings is 1. The molecule has 8 heteroatoms. The summed E-state index contributed by atoms with van der Waals surface area (Å²) in [5, 5.41) is 10.4. The van der Waals surface area contributed by atoms with Crippen LogP contribution in [0.5, 0.6) is 0 Å². The first-order valence-electron chi connectivity index (χ1n) is 3.48. The van der Waals surface area contributed by atoms with Crippen molar-refractivity contribution in [2.24, 2.45) is 5.73 Å². The van der Waals surface area contributed by atoms with Crippen molar-refractivity contribution >= 4 is 50.7 Å². The Bertz CT molecular complexity index is 426. The average Bonchev–Trinajstić information content (AvgIpc) is 2.13. The molecule has 1 aromatic carbocycles. The number of rotatable bonds is 2. The summed E-state index contributed by atoms with van der Waals surface area (Å²) in [7, 11) is 0. The van der Waals surface area contributed by atoms with Crippen LogP contribution in [0, 0.1) is 10.1 Å². The quantitative estimate of drug-likeness (QED) is 0.517. The number of amides is 1. The van der Waals surface area contributed by atoms with E-state index in [0.717, 1.165) is 6.07 Å². The summed E-state index contributed by atoms with van der Waals surface area (Å²) in [4.78, 5) is 20.8. The minimum Gasteiger partial charge on any atom is -0.366 e. The van der Waals surface area contributed by atoms with Crippen LogP contribution in [0.25, 0.3) is 0 Å². The third-order valence-electron chi connectivity index (χ3n) is 1.59. The number of nitro benzene ring substituents is 1. The lowest BCUT2D eigenvalue weighted by atomic mass is 10.2. The second kappa shape index (κ2) is 4.34. The van der Waals surface area contributed by atoms with E-state index in [1.807, 2.05) is 0 Å². The summed E-state index contributed by atoms with van der Waals surface area (Å²) >= 11 is 14.3. The Morgan fingerprint density at radius 1 is 1.47 bits per heavy atom. The third kappa shape index (κ3) is 2.22. The van der Waals surface area contributed by atoms with Gasteiger partial charge in [0.05, 0.1) is 20.0 Å². The van der Waals surface area contributed by atoms with E-state index < -0.39 is 16.5 Å². The molecular formula is C7H3BrCl2N2O3. The lowest BCUT2D eigenvalue weighted by Crippen LogP contribution is -2.12. The summed E-state index contributed by atoms with van der Waals surface area (Å²) in [6, 6.07) is 0.942. The highest BCUT2D eigenvalue weighted by atomic mass is 79.9. The van der Waals surface area contributed by atoms with E-state index in [1.165, 1.54) is 0 Å². The van der Waals surface area contributed by atoms with E-state index >= 15 is 0 Å². The predicted octanol–water partition coefficient (Wildman–Crippen LogP) is 2.76. The van der Waals surface area contributed by atoms with E-state index in [0.29, 0.717) is 0 Å². The van der Waals surface area contributed by atoms with Crippen LogP contribution in [-0.2, 0) is 0 Å². The van der Waals surface area contributed by atoms with Crippen molar-refractivity contribution in [3.63, 3.8) is 0 Å². The Kier molecular flexibility index (Phi) is 3.54. The molecule has 0 aliphatic carbocycles. The standard InChI is InChI=1S/C7H3BrCl2N2O3/c8-4-5(9)2(7(11)13)1-3(6(4)10)12(14)15/h1H,(H2,11,13). The Balaban J connectivity index is 3.59. The molecule has 1 aromatic rings. The summed E-state index contributed by atoms with van der Waals surface area (Å²) in [6.45, 7) is 0. The fourth-order valence-electron chi connectivity index (χ4n) is 0.903. The van der Waals surface area contributed by atoms with Crippen molar-refractivity contribution in [2.45, 2.75) is 0 Å². The number of nitro groups is 1. The van der Waals surface area contributed by atoms with Gasteiger partial charge in [0.1, 0.15) is 5.02 Å². The topological polar surface area (TPSA) is 86.2 Å². The van der Waals surface area contributed by atoms with Gasteiger partial charge in [0.2, 0.25) is 0 Å².